The van der Waals surface area contributed by atoms with E-state index in [2.05, 4.69) is 0 Å². The zero-order valence-corrected chi connectivity index (χ0v) is 13.5. The Labute approximate surface area is 138 Å². The Morgan fingerprint density at radius 3 is 3.04 bits per heavy atom. The highest BCUT2D eigenvalue weighted by atomic mass is 32.1. The van der Waals surface area contributed by atoms with Gasteiger partial charge in [-0.1, -0.05) is 6.07 Å². The van der Waals surface area contributed by atoms with E-state index in [0.717, 1.165) is 4.88 Å². The van der Waals surface area contributed by atoms with E-state index in [0.29, 0.717) is 31.9 Å². The quantitative estimate of drug-likeness (QED) is 0.868. The van der Waals surface area contributed by atoms with Crippen molar-refractivity contribution in [1.82, 2.24) is 4.90 Å². The number of rotatable bonds is 5. The second kappa shape index (κ2) is 7.27. The minimum atomic E-state index is -0.604. The number of aliphatic hydroxyl groups excluding tert-OH is 1. The Hall–Kier alpha value is -1.67. The largest absolute Gasteiger partial charge is 0.455 e. The SMILES string of the molecule is NCc1ccc(C(=O)N2CCOCC2CC(O)c2cccs2)o1. The normalized spacial score (nSPS) is 19.7. The predicted octanol–water partition coefficient (Wildman–Crippen LogP) is 1.76. The molecule has 6 nitrogen and oxygen atoms in total. The Kier molecular flexibility index (Phi) is 5.12. The standard InChI is InChI=1S/C16H20N2O4S/c17-9-12-3-4-14(22-12)16(20)18-5-6-21-10-11(18)8-13(19)15-2-1-7-23-15/h1-4,7,11,13,19H,5-6,8-10,17H2. The number of hydrogen-bond donors (Lipinski definition) is 2. The number of carbonyl (C=O) groups excluding carboxylic acids is 1. The number of carbonyl (C=O) groups is 1. The Balaban J connectivity index is 1.71. The number of nitrogens with two attached hydrogens (primary N) is 1. The van der Waals surface area contributed by atoms with Crippen LogP contribution >= 0.6 is 11.3 Å². The summed E-state index contributed by atoms with van der Waals surface area (Å²) in [6.45, 7) is 1.65. The third kappa shape index (κ3) is 3.64. The molecule has 0 aliphatic carbocycles. The lowest BCUT2D eigenvalue weighted by Crippen LogP contribution is -2.49. The molecular formula is C16H20N2O4S. The second-order valence-corrected chi connectivity index (χ2v) is 6.44. The first-order valence-electron chi connectivity index (χ1n) is 7.58. The summed E-state index contributed by atoms with van der Waals surface area (Å²) in [6.07, 6.45) is -0.162. The fourth-order valence-corrected chi connectivity index (χ4v) is 3.44. The summed E-state index contributed by atoms with van der Waals surface area (Å²) in [7, 11) is 0. The van der Waals surface area contributed by atoms with Crippen molar-refractivity contribution in [1.29, 1.82) is 0 Å². The number of thiophene rings is 1. The van der Waals surface area contributed by atoms with Crippen molar-refractivity contribution >= 4 is 17.2 Å². The van der Waals surface area contributed by atoms with E-state index >= 15 is 0 Å². The van der Waals surface area contributed by atoms with Crippen LogP contribution in [0.4, 0.5) is 0 Å². The van der Waals surface area contributed by atoms with Gasteiger partial charge in [0.2, 0.25) is 0 Å². The number of aliphatic hydroxyl groups is 1. The molecule has 3 heterocycles. The van der Waals surface area contributed by atoms with Crippen molar-refractivity contribution in [2.24, 2.45) is 5.73 Å². The van der Waals surface area contributed by atoms with Gasteiger partial charge >= 0.3 is 0 Å². The molecule has 1 amide bonds. The van der Waals surface area contributed by atoms with Crippen LogP contribution in [0, 0.1) is 0 Å². The molecule has 1 aliphatic heterocycles. The summed E-state index contributed by atoms with van der Waals surface area (Å²) in [5, 5.41) is 12.3. The summed E-state index contributed by atoms with van der Waals surface area (Å²) in [6, 6.07) is 6.97. The second-order valence-electron chi connectivity index (χ2n) is 5.46. The van der Waals surface area contributed by atoms with Crippen LogP contribution in [0.2, 0.25) is 0 Å². The average Bonchev–Trinajstić information content (AvgIpc) is 3.26. The van der Waals surface area contributed by atoms with Gasteiger partial charge in [-0.25, -0.2) is 0 Å². The number of nitrogens with zero attached hydrogens (tertiary/aromatic N) is 1. The fraction of sp³-hybridized carbons (Fsp3) is 0.438. The fourth-order valence-electron chi connectivity index (χ4n) is 2.72. The van der Waals surface area contributed by atoms with Crippen molar-refractivity contribution in [3.63, 3.8) is 0 Å². The van der Waals surface area contributed by atoms with Gasteiger partial charge in [-0.2, -0.15) is 0 Å². The molecule has 2 aromatic rings. The highest BCUT2D eigenvalue weighted by molar-refractivity contribution is 7.10. The molecule has 23 heavy (non-hydrogen) atoms. The van der Waals surface area contributed by atoms with Gasteiger partial charge in [-0.3, -0.25) is 4.79 Å². The molecular weight excluding hydrogens is 316 g/mol. The van der Waals surface area contributed by atoms with E-state index in [1.54, 1.807) is 17.0 Å². The van der Waals surface area contributed by atoms with Crippen LogP contribution in [-0.2, 0) is 11.3 Å². The number of furan rings is 1. The van der Waals surface area contributed by atoms with E-state index in [4.69, 9.17) is 14.9 Å². The molecule has 1 saturated heterocycles. The molecule has 0 saturated carbocycles. The molecule has 1 fully saturated rings. The van der Waals surface area contributed by atoms with Crippen LogP contribution in [0.15, 0.2) is 34.1 Å². The molecule has 2 atom stereocenters. The maximum atomic E-state index is 12.7. The van der Waals surface area contributed by atoms with E-state index < -0.39 is 6.10 Å². The van der Waals surface area contributed by atoms with Crippen molar-refractivity contribution in [3.05, 3.63) is 46.0 Å². The Morgan fingerprint density at radius 2 is 2.35 bits per heavy atom. The van der Waals surface area contributed by atoms with Gasteiger partial charge in [0.25, 0.3) is 5.91 Å². The molecule has 0 bridgehead atoms. The number of amides is 1. The molecule has 0 radical (unpaired) electrons. The van der Waals surface area contributed by atoms with Gasteiger partial charge < -0.3 is 24.9 Å². The lowest BCUT2D eigenvalue weighted by Gasteiger charge is -2.36. The molecule has 1 aliphatic rings. The van der Waals surface area contributed by atoms with Gasteiger partial charge in [-0.15, -0.1) is 11.3 Å². The van der Waals surface area contributed by atoms with Crippen LogP contribution in [0.1, 0.15) is 33.7 Å². The van der Waals surface area contributed by atoms with Gasteiger partial charge in [0.15, 0.2) is 5.76 Å². The molecule has 7 heteroatoms. The number of morpholine rings is 1. The minimum Gasteiger partial charge on any atom is -0.455 e. The molecule has 0 spiro atoms. The Bertz CT molecular complexity index is 640. The lowest BCUT2D eigenvalue weighted by molar-refractivity contribution is -0.0183. The zero-order valence-electron chi connectivity index (χ0n) is 12.7. The zero-order chi connectivity index (χ0) is 16.2. The first kappa shape index (κ1) is 16.2. The minimum absolute atomic E-state index is 0.181. The highest BCUT2D eigenvalue weighted by Crippen LogP contribution is 2.26. The van der Waals surface area contributed by atoms with Crippen molar-refractivity contribution < 1.29 is 19.1 Å². The summed E-state index contributed by atoms with van der Waals surface area (Å²) in [5.74, 6) is 0.677. The number of hydrogen-bond acceptors (Lipinski definition) is 6. The third-order valence-corrected chi connectivity index (χ3v) is 4.90. The maximum Gasteiger partial charge on any atom is 0.289 e. The van der Waals surface area contributed by atoms with Crippen molar-refractivity contribution in [3.8, 4) is 0 Å². The topological polar surface area (TPSA) is 88.9 Å². The summed E-state index contributed by atoms with van der Waals surface area (Å²) < 4.78 is 10.9. The average molecular weight is 336 g/mol. The number of ether oxygens (including phenoxy) is 1. The third-order valence-electron chi connectivity index (χ3n) is 3.93. The first-order valence-corrected chi connectivity index (χ1v) is 8.46. The highest BCUT2D eigenvalue weighted by Gasteiger charge is 2.31. The van der Waals surface area contributed by atoms with Gasteiger partial charge in [0.1, 0.15) is 5.76 Å². The molecule has 0 aromatic carbocycles. The van der Waals surface area contributed by atoms with Gasteiger partial charge in [0.05, 0.1) is 31.9 Å². The van der Waals surface area contributed by atoms with E-state index in [1.165, 1.54) is 11.3 Å². The van der Waals surface area contributed by atoms with Crippen molar-refractivity contribution in [2.45, 2.75) is 25.1 Å². The van der Waals surface area contributed by atoms with Crippen LogP contribution in [0.25, 0.3) is 0 Å². The van der Waals surface area contributed by atoms with Crippen LogP contribution in [-0.4, -0.2) is 41.7 Å². The molecule has 2 unspecified atom stereocenters. The van der Waals surface area contributed by atoms with E-state index in [9.17, 15) is 9.90 Å². The monoisotopic (exact) mass is 336 g/mol. The smallest absolute Gasteiger partial charge is 0.289 e. The van der Waals surface area contributed by atoms with Crippen LogP contribution in [0.3, 0.4) is 0 Å². The van der Waals surface area contributed by atoms with Crippen LogP contribution < -0.4 is 5.73 Å². The summed E-state index contributed by atoms with van der Waals surface area (Å²) >= 11 is 1.51. The van der Waals surface area contributed by atoms with Crippen molar-refractivity contribution in [2.75, 3.05) is 19.8 Å². The first-order chi connectivity index (χ1) is 11.2. The molecule has 2 aromatic heterocycles. The molecule has 3 N–H and O–H groups in total. The van der Waals surface area contributed by atoms with Gasteiger partial charge in [0, 0.05) is 17.8 Å². The van der Waals surface area contributed by atoms with Crippen LogP contribution in [0.5, 0.6) is 0 Å². The predicted molar refractivity (Wildman–Crippen MR) is 86.1 cm³/mol. The summed E-state index contributed by atoms with van der Waals surface area (Å²) in [5.41, 5.74) is 5.52. The Morgan fingerprint density at radius 1 is 1.48 bits per heavy atom. The lowest BCUT2D eigenvalue weighted by atomic mass is 10.1. The van der Waals surface area contributed by atoms with Gasteiger partial charge in [-0.05, 0) is 23.6 Å². The van der Waals surface area contributed by atoms with E-state index in [-0.39, 0.29) is 24.3 Å². The molecule has 124 valence electrons. The summed E-state index contributed by atoms with van der Waals surface area (Å²) in [4.78, 5) is 15.3. The molecule has 3 rings (SSSR count). The maximum absolute atomic E-state index is 12.7. The van der Waals surface area contributed by atoms with E-state index in [1.807, 2.05) is 17.5 Å².